The molecule has 4 aromatic rings. The highest BCUT2D eigenvalue weighted by Crippen LogP contribution is 2.33. The van der Waals surface area contributed by atoms with E-state index in [1.54, 1.807) is 11.6 Å². The van der Waals surface area contributed by atoms with Gasteiger partial charge in [0.2, 0.25) is 11.8 Å². The normalized spacial score (nSPS) is 19.4. The lowest BCUT2D eigenvalue weighted by Crippen LogP contribution is -2.46. The number of aromatic nitrogens is 5. The van der Waals surface area contributed by atoms with E-state index < -0.39 is 12.8 Å². The topological polar surface area (TPSA) is 72.5 Å². The lowest BCUT2D eigenvalue weighted by molar-refractivity contribution is 0.149. The van der Waals surface area contributed by atoms with Crippen molar-refractivity contribution in [3.05, 3.63) is 36.3 Å². The standard InChI is InChI=1S/C23H27F2N7O/c1-14-26-19-5-4-15(12-20(19)31(14)11-8-24)16-6-10-32-21(16)22(33-3)28-23(29-32)27-18-7-9-30(2)13-17(18)25/h4-6,10,12,17-18H,7-9,11,13H2,1-3H3,(H,27,29)/t17-,18+/m1/s1. The lowest BCUT2D eigenvalue weighted by atomic mass is 10.0. The second-order valence-electron chi connectivity index (χ2n) is 8.49. The zero-order valence-electron chi connectivity index (χ0n) is 18.9. The summed E-state index contributed by atoms with van der Waals surface area (Å²) >= 11 is 0. The van der Waals surface area contributed by atoms with Crippen molar-refractivity contribution in [2.45, 2.75) is 32.1 Å². The minimum absolute atomic E-state index is 0.260. The molecule has 174 valence electrons. The van der Waals surface area contributed by atoms with Gasteiger partial charge in [0.15, 0.2) is 0 Å². The van der Waals surface area contributed by atoms with E-state index >= 15 is 0 Å². The highest BCUT2D eigenvalue weighted by molar-refractivity contribution is 5.89. The maximum absolute atomic E-state index is 14.5. The molecule has 1 aromatic carbocycles. The van der Waals surface area contributed by atoms with E-state index in [1.165, 1.54) is 0 Å². The largest absolute Gasteiger partial charge is 0.479 e. The molecule has 0 unspecified atom stereocenters. The molecule has 0 radical (unpaired) electrons. The quantitative estimate of drug-likeness (QED) is 0.480. The van der Waals surface area contributed by atoms with Gasteiger partial charge in [0.1, 0.15) is 24.2 Å². The number of benzene rings is 1. The monoisotopic (exact) mass is 455 g/mol. The van der Waals surface area contributed by atoms with Crippen LogP contribution in [-0.2, 0) is 6.54 Å². The number of imidazole rings is 1. The number of rotatable bonds is 6. The number of hydrogen-bond donors (Lipinski definition) is 1. The third kappa shape index (κ3) is 3.88. The highest BCUT2D eigenvalue weighted by Gasteiger charge is 2.28. The SMILES string of the molecule is COc1nc(N[C@H]2CCN(C)C[C@H]2F)nn2ccc(-c3ccc4nc(C)n(CCF)c4c3)c12. The van der Waals surface area contributed by atoms with Gasteiger partial charge in [0, 0.05) is 24.8 Å². The van der Waals surface area contributed by atoms with Gasteiger partial charge in [-0.2, -0.15) is 4.98 Å². The van der Waals surface area contributed by atoms with Crippen molar-refractivity contribution in [2.24, 2.45) is 0 Å². The molecular weight excluding hydrogens is 428 g/mol. The Balaban J connectivity index is 1.53. The lowest BCUT2D eigenvalue weighted by Gasteiger charge is -2.32. The van der Waals surface area contributed by atoms with Crippen molar-refractivity contribution in [3.63, 3.8) is 0 Å². The fourth-order valence-corrected chi connectivity index (χ4v) is 4.59. The zero-order valence-corrected chi connectivity index (χ0v) is 18.9. The molecule has 1 aliphatic heterocycles. The minimum Gasteiger partial charge on any atom is -0.479 e. The first-order valence-corrected chi connectivity index (χ1v) is 11.0. The summed E-state index contributed by atoms with van der Waals surface area (Å²) in [6.45, 7) is 2.87. The Morgan fingerprint density at radius 3 is 2.85 bits per heavy atom. The van der Waals surface area contributed by atoms with Crippen molar-refractivity contribution >= 4 is 22.5 Å². The van der Waals surface area contributed by atoms with Gasteiger partial charge in [0.25, 0.3) is 0 Å². The van der Waals surface area contributed by atoms with Crippen molar-refractivity contribution < 1.29 is 13.5 Å². The van der Waals surface area contributed by atoms with Gasteiger partial charge >= 0.3 is 0 Å². The van der Waals surface area contributed by atoms with Crippen LogP contribution in [0.15, 0.2) is 30.5 Å². The Morgan fingerprint density at radius 1 is 1.24 bits per heavy atom. The van der Waals surface area contributed by atoms with Gasteiger partial charge in [0.05, 0.1) is 30.7 Å². The first-order chi connectivity index (χ1) is 16.0. The molecule has 5 rings (SSSR count). The molecule has 10 heteroatoms. The zero-order chi connectivity index (χ0) is 23.1. The summed E-state index contributed by atoms with van der Waals surface area (Å²) in [7, 11) is 3.47. The van der Waals surface area contributed by atoms with E-state index in [0.29, 0.717) is 30.3 Å². The van der Waals surface area contributed by atoms with Crippen LogP contribution in [0.5, 0.6) is 5.88 Å². The van der Waals surface area contributed by atoms with Crippen LogP contribution in [0.1, 0.15) is 12.2 Å². The van der Waals surface area contributed by atoms with Crippen LogP contribution in [-0.4, -0.2) is 75.2 Å². The summed E-state index contributed by atoms with van der Waals surface area (Å²) < 4.78 is 36.7. The number of halogens is 2. The number of nitrogens with one attached hydrogen (secondary N) is 1. The molecule has 3 aromatic heterocycles. The Bertz CT molecular complexity index is 1300. The van der Waals surface area contributed by atoms with Crippen LogP contribution in [0.4, 0.5) is 14.7 Å². The third-order valence-corrected chi connectivity index (χ3v) is 6.29. The minimum atomic E-state index is -1.00. The molecule has 2 atom stereocenters. The number of hydrogen-bond acceptors (Lipinski definition) is 6. The van der Waals surface area contributed by atoms with Gasteiger partial charge in [-0.1, -0.05) is 6.07 Å². The third-order valence-electron chi connectivity index (χ3n) is 6.29. The van der Waals surface area contributed by atoms with Crippen molar-refractivity contribution in [2.75, 3.05) is 39.2 Å². The Kier molecular flexibility index (Phi) is 5.61. The van der Waals surface area contributed by atoms with Gasteiger partial charge < -0.3 is 19.5 Å². The fraction of sp³-hybridized carbons (Fsp3) is 0.435. The van der Waals surface area contributed by atoms with Crippen molar-refractivity contribution in [1.29, 1.82) is 0 Å². The summed E-state index contributed by atoms with van der Waals surface area (Å²) in [4.78, 5) is 11.0. The number of aryl methyl sites for hydroxylation is 2. The molecule has 0 aliphatic carbocycles. The van der Waals surface area contributed by atoms with Crippen LogP contribution in [0.2, 0.25) is 0 Å². The summed E-state index contributed by atoms with van der Waals surface area (Å²) in [5, 5.41) is 7.70. The van der Waals surface area contributed by atoms with Crippen molar-refractivity contribution in [3.8, 4) is 17.0 Å². The smallest absolute Gasteiger partial charge is 0.244 e. The average Bonchev–Trinajstić information content (AvgIpc) is 3.36. The van der Waals surface area contributed by atoms with Gasteiger partial charge in [-0.15, -0.1) is 5.10 Å². The molecule has 0 bridgehead atoms. The molecular formula is C23H27F2N7O. The Morgan fingerprint density at radius 2 is 2.09 bits per heavy atom. The number of nitrogens with zero attached hydrogens (tertiary/aromatic N) is 6. The average molecular weight is 456 g/mol. The van der Waals surface area contributed by atoms with E-state index in [4.69, 9.17) is 4.74 Å². The Labute approximate surface area is 190 Å². The van der Waals surface area contributed by atoms with Crippen LogP contribution in [0, 0.1) is 6.92 Å². The second-order valence-corrected chi connectivity index (χ2v) is 8.49. The van der Waals surface area contributed by atoms with E-state index in [9.17, 15) is 8.78 Å². The summed E-state index contributed by atoms with van der Waals surface area (Å²) in [5.74, 6) is 1.49. The van der Waals surface area contributed by atoms with Crippen molar-refractivity contribution in [1.82, 2.24) is 29.0 Å². The van der Waals surface area contributed by atoms with Gasteiger partial charge in [-0.3, -0.25) is 0 Å². The molecule has 4 heterocycles. The van der Waals surface area contributed by atoms with Gasteiger partial charge in [-0.25, -0.2) is 18.3 Å². The van der Waals surface area contributed by atoms with Gasteiger partial charge in [-0.05, 0) is 44.2 Å². The number of ether oxygens (including phenoxy) is 1. The van der Waals surface area contributed by atoms with E-state index in [-0.39, 0.29) is 12.6 Å². The number of fused-ring (bicyclic) bond motifs is 2. The molecule has 0 saturated carbocycles. The van der Waals surface area contributed by atoms with Crippen LogP contribution in [0.25, 0.3) is 27.7 Å². The van der Waals surface area contributed by atoms with E-state index in [1.807, 2.05) is 53.9 Å². The summed E-state index contributed by atoms with van der Waals surface area (Å²) in [6.07, 6.45) is 1.50. The van der Waals surface area contributed by atoms with E-state index in [0.717, 1.165) is 34.5 Å². The predicted octanol–water partition coefficient (Wildman–Crippen LogP) is 3.49. The molecule has 33 heavy (non-hydrogen) atoms. The molecule has 8 nitrogen and oxygen atoms in total. The van der Waals surface area contributed by atoms with Crippen LogP contribution >= 0.6 is 0 Å². The maximum atomic E-state index is 14.5. The van der Waals surface area contributed by atoms with Crippen LogP contribution < -0.4 is 10.1 Å². The number of alkyl halides is 2. The van der Waals surface area contributed by atoms with Crippen LogP contribution in [0.3, 0.4) is 0 Å². The molecule has 1 fully saturated rings. The Hall–Kier alpha value is -3.27. The maximum Gasteiger partial charge on any atom is 0.244 e. The first-order valence-electron chi connectivity index (χ1n) is 11.0. The molecule has 0 amide bonds. The molecule has 1 aliphatic rings. The summed E-state index contributed by atoms with van der Waals surface area (Å²) in [6, 6.07) is 7.49. The number of piperidine rings is 1. The number of anilines is 1. The predicted molar refractivity (Wildman–Crippen MR) is 123 cm³/mol. The highest BCUT2D eigenvalue weighted by atomic mass is 19.1. The number of likely N-dealkylation sites (tertiary alicyclic amines) is 1. The molecule has 1 saturated heterocycles. The first kappa shape index (κ1) is 21.6. The molecule has 0 spiro atoms. The molecule has 1 N–H and O–H groups in total. The number of methoxy groups -OCH3 is 1. The second kappa shape index (κ2) is 8.58. The van der Waals surface area contributed by atoms with E-state index in [2.05, 4.69) is 20.4 Å². The summed E-state index contributed by atoms with van der Waals surface area (Å²) in [5.41, 5.74) is 4.20. The fourth-order valence-electron chi connectivity index (χ4n) is 4.59.